The van der Waals surface area contributed by atoms with Crippen LogP contribution in [0.1, 0.15) is 5.69 Å². The summed E-state index contributed by atoms with van der Waals surface area (Å²) in [6.45, 7) is 0. The van der Waals surface area contributed by atoms with Crippen molar-refractivity contribution in [3.8, 4) is 28.1 Å². The fourth-order valence-corrected chi connectivity index (χ4v) is 2.97. The highest BCUT2D eigenvalue weighted by Crippen LogP contribution is 2.31. The zero-order chi connectivity index (χ0) is 14.8. The van der Waals surface area contributed by atoms with Gasteiger partial charge in [0.2, 0.25) is 0 Å². The number of aromatic nitrogens is 3. The van der Waals surface area contributed by atoms with Crippen LogP contribution in [0.3, 0.4) is 0 Å². The van der Waals surface area contributed by atoms with E-state index >= 15 is 0 Å². The van der Waals surface area contributed by atoms with Crippen LogP contribution in [0.5, 0.6) is 5.75 Å². The van der Waals surface area contributed by atoms with Crippen LogP contribution in [-0.4, -0.2) is 22.1 Å². The van der Waals surface area contributed by atoms with E-state index in [-0.39, 0.29) is 5.69 Å². The number of hydrogen-bond acceptors (Lipinski definition) is 5. The predicted molar refractivity (Wildman–Crippen MR) is 80.9 cm³/mol. The molecule has 0 saturated carbocycles. The van der Waals surface area contributed by atoms with Crippen molar-refractivity contribution in [3.63, 3.8) is 0 Å². The first-order valence-corrected chi connectivity index (χ1v) is 7.24. The lowest BCUT2D eigenvalue weighted by Crippen LogP contribution is -1.99. The van der Waals surface area contributed by atoms with Crippen LogP contribution in [0.15, 0.2) is 35.7 Å². The van der Waals surface area contributed by atoms with E-state index in [0.29, 0.717) is 16.5 Å². The fraction of sp³-hybridized carbons (Fsp3) is 0.0714. The van der Waals surface area contributed by atoms with Crippen LogP contribution >= 0.6 is 22.9 Å². The van der Waals surface area contributed by atoms with Crippen LogP contribution < -0.4 is 4.74 Å². The minimum Gasteiger partial charge on any atom is -0.495 e. The second-order valence-corrected chi connectivity index (χ2v) is 5.46. The number of benzene rings is 1. The highest BCUT2D eigenvalue weighted by atomic mass is 35.5. The number of ether oxygens (including phenoxy) is 1. The number of nitrogens with zero attached hydrogens (tertiary/aromatic N) is 4. The molecule has 0 spiro atoms. The Balaban J connectivity index is 2.18. The summed E-state index contributed by atoms with van der Waals surface area (Å²) in [5, 5.41) is 19.6. The molecule has 0 aliphatic heterocycles. The standard InChI is InChI=1S/C14H9ClN4OS/c1-20-12-5-4-9(7-10(12)15)19-14(11(8-16)17-18-19)13-3-2-6-21-13/h2-7H,1H3. The number of hydrogen-bond donors (Lipinski definition) is 0. The van der Waals surface area contributed by atoms with Gasteiger partial charge in [0.1, 0.15) is 17.5 Å². The van der Waals surface area contributed by atoms with Gasteiger partial charge in [-0.2, -0.15) is 5.26 Å². The molecule has 0 radical (unpaired) electrons. The smallest absolute Gasteiger partial charge is 0.191 e. The van der Waals surface area contributed by atoms with E-state index in [2.05, 4.69) is 16.4 Å². The summed E-state index contributed by atoms with van der Waals surface area (Å²) in [5.74, 6) is 0.582. The molecule has 0 N–H and O–H groups in total. The number of halogens is 1. The molecule has 0 fully saturated rings. The van der Waals surface area contributed by atoms with E-state index in [1.165, 1.54) is 11.3 Å². The largest absolute Gasteiger partial charge is 0.495 e. The third-order valence-electron chi connectivity index (χ3n) is 2.91. The summed E-state index contributed by atoms with van der Waals surface area (Å²) in [7, 11) is 1.56. The van der Waals surface area contributed by atoms with Gasteiger partial charge < -0.3 is 4.74 Å². The van der Waals surface area contributed by atoms with Crippen LogP contribution in [0.4, 0.5) is 0 Å². The summed E-state index contributed by atoms with van der Waals surface area (Å²) in [6.07, 6.45) is 0. The molecular weight excluding hydrogens is 308 g/mol. The molecule has 0 bridgehead atoms. The molecule has 21 heavy (non-hydrogen) atoms. The van der Waals surface area contributed by atoms with Crippen LogP contribution in [-0.2, 0) is 0 Å². The summed E-state index contributed by atoms with van der Waals surface area (Å²) >= 11 is 7.67. The molecule has 104 valence electrons. The topological polar surface area (TPSA) is 63.7 Å². The van der Waals surface area contributed by atoms with Gasteiger partial charge in [0.05, 0.1) is 22.7 Å². The Hall–Kier alpha value is -2.36. The van der Waals surface area contributed by atoms with E-state index in [9.17, 15) is 5.26 Å². The van der Waals surface area contributed by atoms with Gasteiger partial charge in [0, 0.05) is 0 Å². The van der Waals surface area contributed by atoms with Crippen LogP contribution in [0, 0.1) is 11.3 Å². The van der Waals surface area contributed by atoms with E-state index in [1.54, 1.807) is 23.9 Å². The minimum absolute atomic E-state index is 0.282. The Morgan fingerprint density at radius 1 is 1.38 bits per heavy atom. The summed E-state index contributed by atoms with van der Waals surface area (Å²) in [6, 6.07) is 11.2. The summed E-state index contributed by atoms with van der Waals surface area (Å²) < 4.78 is 6.74. The Morgan fingerprint density at radius 2 is 2.24 bits per heavy atom. The van der Waals surface area contributed by atoms with Gasteiger partial charge in [-0.15, -0.1) is 16.4 Å². The highest BCUT2D eigenvalue weighted by molar-refractivity contribution is 7.13. The van der Waals surface area contributed by atoms with Crippen molar-refractivity contribution in [1.29, 1.82) is 5.26 Å². The third kappa shape index (κ3) is 2.37. The second-order valence-electron chi connectivity index (χ2n) is 4.11. The fourth-order valence-electron chi connectivity index (χ4n) is 1.96. The summed E-state index contributed by atoms with van der Waals surface area (Å²) in [4.78, 5) is 0.920. The lowest BCUT2D eigenvalue weighted by molar-refractivity contribution is 0.415. The maximum Gasteiger partial charge on any atom is 0.191 e. The molecule has 0 unspecified atom stereocenters. The van der Waals surface area contributed by atoms with Crippen LogP contribution in [0.25, 0.3) is 16.3 Å². The Bertz CT molecular complexity index is 820. The van der Waals surface area contributed by atoms with E-state index < -0.39 is 0 Å². The van der Waals surface area contributed by atoms with E-state index in [1.807, 2.05) is 23.6 Å². The molecule has 5 nitrogen and oxygen atoms in total. The molecular formula is C14H9ClN4OS. The van der Waals surface area contributed by atoms with Crippen molar-refractivity contribution in [1.82, 2.24) is 15.0 Å². The monoisotopic (exact) mass is 316 g/mol. The first-order chi connectivity index (χ1) is 10.2. The van der Waals surface area contributed by atoms with E-state index in [0.717, 1.165) is 10.6 Å². The van der Waals surface area contributed by atoms with Gasteiger partial charge in [0.15, 0.2) is 5.69 Å². The molecule has 3 rings (SSSR count). The maximum atomic E-state index is 9.21. The van der Waals surface area contributed by atoms with Crippen molar-refractivity contribution in [2.45, 2.75) is 0 Å². The lowest BCUT2D eigenvalue weighted by Gasteiger charge is -2.08. The van der Waals surface area contributed by atoms with Gasteiger partial charge in [0.25, 0.3) is 0 Å². The Kier molecular flexibility index (Phi) is 3.60. The lowest BCUT2D eigenvalue weighted by atomic mass is 10.2. The van der Waals surface area contributed by atoms with Crippen molar-refractivity contribution >= 4 is 22.9 Å². The molecule has 2 aromatic heterocycles. The minimum atomic E-state index is 0.282. The average Bonchev–Trinajstić information content (AvgIpc) is 3.15. The number of thiophene rings is 1. The van der Waals surface area contributed by atoms with E-state index in [4.69, 9.17) is 16.3 Å². The number of rotatable bonds is 3. The summed E-state index contributed by atoms with van der Waals surface area (Å²) in [5.41, 5.74) is 1.66. The zero-order valence-corrected chi connectivity index (χ0v) is 12.5. The van der Waals surface area contributed by atoms with Crippen LogP contribution in [0.2, 0.25) is 5.02 Å². The number of methoxy groups -OCH3 is 1. The maximum absolute atomic E-state index is 9.21. The highest BCUT2D eigenvalue weighted by Gasteiger charge is 2.17. The molecule has 0 atom stereocenters. The van der Waals surface area contributed by atoms with Gasteiger partial charge in [-0.25, -0.2) is 4.68 Å². The van der Waals surface area contributed by atoms with Gasteiger partial charge >= 0.3 is 0 Å². The molecule has 7 heteroatoms. The molecule has 3 aromatic rings. The van der Waals surface area contributed by atoms with Crippen molar-refractivity contribution in [2.24, 2.45) is 0 Å². The molecule has 0 amide bonds. The van der Waals surface area contributed by atoms with Crippen molar-refractivity contribution in [2.75, 3.05) is 7.11 Å². The third-order valence-corrected chi connectivity index (χ3v) is 4.08. The molecule has 0 saturated heterocycles. The second kappa shape index (κ2) is 5.56. The predicted octanol–water partition coefficient (Wildman–Crippen LogP) is 3.53. The zero-order valence-electron chi connectivity index (χ0n) is 10.9. The SMILES string of the molecule is COc1ccc(-n2nnc(C#N)c2-c2cccs2)cc1Cl. The van der Waals surface area contributed by atoms with Gasteiger partial charge in [-0.1, -0.05) is 22.9 Å². The van der Waals surface area contributed by atoms with Gasteiger partial charge in [-0.3, -0.25) is 0 Å². The molecule has 1 aromatic carbocycles. The normalized spacial score (nSPS) is 10.3. The number of nitriles is 1. The molecule has 0 aliphatic carbocycles. The molecule has 2 heterocycles. The first kappa shape index (κ1) is 13.6. The average molecular weight is 317 g/mol. The van der Waals surface area contributed by atoms with Crippen molar-refractivity contribution in [3.05, 3.63) is 46.4 Å². The first-order valence-electron chi connectivity index (χ1n) is 5.98. The van der Waals surface area contributed by atoms with Gasteiger partial charge in [-0.05, 0) is 29.6 Å². The van der Waals surface area contributed by atoms with Crippen molar-refractivity contribution < 1.29 is 4.74 Å². The Labute approximate surface area is 130 Å². The quantitative estimate of drug-likeness (QED) is 0.741. The Morgan fingerprint density at radius 3 is 2.86 bits per heavy atom. The molecule has 0 aliphatic rings.